The molecule has 0 unspecified atom stereocenters. The number of rotatable bonds is 2. The number of nitro groups is 1. The molecule has 4 nitrogen and oxygen atoms in total. The lowest BCUT2D eigenvalue weighted by atomic mass is 10.1. The molecule has 0 radical (unpaired) electrons. The van der Waals surface area contributed by atoms with Crippen LogP contribution in [-0.4, -0.2) is 9.91 Å². The molecule has 0 atom stereocenters. The van der Waals surface area contributed by atoms with Crippen molar-refractivity contribution in [1.82, 2.24) is 4.98 Å². The van der Waals surface area contributed by atoms with Crippen LogP contribution in [0, 0.1) is 17.0 Å². The summed E-state index contributed by atoms with van der Waals surface area (Å²) in [7, 11) is 0. The topological polar surface area (TPSA) is 56.0 Å². The molecule has 0 aliphatic rings. The van der Waals surface area contributed by atoms with Crippen LogP contribution in [0.1, 0.15) is 19.5 Å². The fourth-order valence-electron chi connectivity index (χ4n) is 1.50. The third-order valence-electron chi connectivity index (χ3n) is 2.31. The fourth-order valence-corrected chi connectivity index (χ4v) is 1.50. The Morgan fingerprint density at radius 1 is 1.06 bits per heavy atom. The van der Waals surface area contributed by atoms with Crippen molar-refractivity contribution < 1.29 is 4.92 Å². The maximum absolute atomic E-state index is 10.5. The minimum Gasteiger partial charge on any atom is -0.262 e. The zero-order valence-electron chi connectivity index (χ0n) is 10.8. The molecule has 0 N–H and O–H groups in total. The van der Waals surface area contributed by atoms with E-state index in [4.69, 9.17) is 0 Å². The highest BCUT2D eigenvalue weighted by Crippen LogP contribution is 2.22. The molecule has 0 aliphatic carbocycles. The van der Waals surface area contributed by atoms with Gasteiger partial charge in [-0.15, -0.1) is 0 Å². The number of pyridine rings is 1. The molecule has 0 spiro atoms. The van der Waals surface area contributed by atoms with Crippen molar-refractivity contribution in [2.75, 3.05) is 0 Å². The average molecular weight is 244 g/mol. The number of benzene rings is 1. The molecule has 0 aliphatic heterocycles. The molecular weight excluding hydrogens is 228 g/mol. The molecular formula is C14H16N2O2. The minimum absolute atomic E-state index is 0.106. The number of aromatic nitrogens is 1. The normalized spacial score (nSPS) is 9.28. The van der Waals surface area contributed by atoms with E-state index in [9.17, 15) is 10.1 Å². The molecule has 2 aromatic rings. The third kappa shape index (κ3) is 3.38. The maximum atomic E-state index is 10.5. The van der Waals surface area contributed by atoms with Gasteiger partial charge in [0.1, 0.15) is 0 Å². The van der Waals surface area contributed by atoms with E-state index in [-0.39, 0.29) is 5.69 Å². The lowest BCUT2D eigenvalue weighted by Crippen LogP contribution is -1.87. The Balaban J connectivity index is 0.000000771. The van der Waals surface area contributed by atoms with Crippen molar-refractivity contribution in [2.24, 2.45) is 0 Å². The summed E-state index contributed by atoms with van der Waals surface area (Å²) >= 11 is 0. The lowest BCUT2D eigenvalue weighted by Gasteiger charge is -2.01. The van der Waals surface area contributed by atoms with Crippen LogP contribution in [0.15, 0.2) is 42.6 Å². The number of nitro benzene ring substituents is 1. The van der Waals surface area contributed by atoms with Gasteiger partial charge >= 0.3 is 0 Å². The van der Waals surface area contributed by atoms with Crippen molar-refractivity contribution >= 4 is 5.69 Å². The molecule has 0 fully saturated rings. The maximum Gasteiger partial charge on any atom is 0.269 e. The van der Waals surface area contributed by atoms with E-state index in [1.165, 1.54) is 12.1 Å². The van der Waals surface area contributed by atoms with E-state index >= 15 is 0 Å². The molecule has 4 heteroatoms. The quantitative estimate of drug-likeness (QED) is 0.592. The monoisotopic (exact) mass is 244 g/mol. The van der Waals surface area contributed by atoms with Crippen molar-refractivity contribution in [3.05, 3.63) is 58.4 Å². The summed E-state index contributed by atoms with van der Waals surface area (Å²) in [6, 6.07) is 10.3. The first-order chi connectivity index (χ1) is 8.66. The highest BCUT2D eigenvalue weighted by molar-refractivity contribution is 5.64. The van der Waals surface area contributed by atoms with Crippen LogP contribution < -0.4 is 0 Å². The van der Waals surface area contributed by atoms with Gasteiger partial charge in [0, 0.05) is 24.0 Å². The number of non-ortho nitro benzene ring substituents is 1. The fraction of sp³-hybridized carbons (Fsp3) is 0.214. The van der Waals surface area contributed by atoms with Gasteiger partial charge in [0.2, 0.25) is 0 Å². The van der Waals surface area contributed by atoms with E-state index in [2.05, 4.69) is 4.98 Å². The van der Waals surface area contributed by atoms with Crippen LogP contribution in [0.3, 0.4) is 0 Å². The zero-order chi connectivity index (χ0) is 13.5. The van der Waals surface area contributed by atoms with Crippen LogP contribution in [0.5, 0.6) is 0 Å². The lowest BCUT2D eigenvalue weighted by molar-refractivity contribution is -0.384. The molecule has 0 bridgehead atoms. The number of hydrogen-bond donors (Lipinski definition) is 0. The van der Waals surface area contributed by atoms with Crippen molar-refractivity contribution in [1.29, 1.82) is 0 Å². The SMILES string of the molecule is CC.Cc1cc(-c2ccc([N+](=O)[O-])cc2)ccn1. The van der Waals surface area contributed by atoms with E-state index < -0.39 is 4.92 Å². The second-order valence-electron chi connectivity index (χ2n) is 3.49. The van der Waals surface area contributed by atoms with Crippen LogP contribution in [0.4, 0.5) is 5.69 Å². The Labute approximate surface area is 106 Å². The largest absolute Gasteiger partial charge is 0.269 e. The van der Waals surface area contributed by atoms with Gasteiger partial charge in [-0.3, -0.25) is 15.1 Å². The summed E-state index contributed by atoms with van der Waals surface area (Å²) in [6.07, 6.45) is 1.73. The van der Waals surface area contributed by atoms with Gasteiger partial charge < -0.3 is 0 Å². The van der Waals surface area contributed by atoms with E-state index in [1.54, 1.807) is 18.3 Å². The van der Waals surface area contributed by atoms with Gasteiger partial charge in [0.25, 0.3) is 5.69 Å². The highest BCUT2D eigenvalue weighted by atomic mass is 16.6. The zero-order valence-corrected chi connectivity index (χ0v) is 10.8. The molecule has 2 rings (SSSR count). The molecule has 1 aromatic heterocycles. The van der Waals surface area contributed by atoms with Crippen molar-refractivity contribution in [2.45, 2.75) is 20.8 Å². The van der Waals surface area contributed by atoms with Crippen LogP contribution in [0.25, 0.3) is 11.1 Å². The van der Waals surface area contributed by atoms with E-state index in [1.807, 2.05) is 32.9 Å². The van der Waals surface area contributed by atoms with Crippen molar-refractivity contribution in [3.8, 4) is 11.1 Å². The van der Waals surface area contributed by atoms with Gasteiger partial charge in [-0.05, 0) is 42.3 Å². The van der Waals surface area contributed by atoms with Gasteiger partial charge in [-0.25, -0.2) is 0 Å². The summed E-state index contributed by atoms with van der Waals surface area (Å²) in [5.41, 5.74) is 3.00. The molecule has 1 aromatic carbocycles. The highest BCUT2D eigenvalue weighted by Gasteiger charge is 2.04. The molecule has 0 amide bonds. The molecule has 0 saturated carbocycles. The summed E-state index contributed by atoms with van der Waals surface area (Å²) < 4.78 is 0. The first kappa shape index (κ1) is 13.8. The average Bonchev–Trinajstić information content (AvgIpc) is 2.41. The number of hydrogen-bond acceptors (Lipinski definition) is 3. The predicted molar refractivity (Wildman–Crippen MR) is 72.4 cm³/mol. The third-order valence-corrected chi connectivity index (χ3v) is 2.31. The predicted octanol–water partition coefficient (Wildman–Crippen LogP) is 3.99. The van der Waals surface area contributed by atoms with Gasteiger partial charge in [0.15, 0.2) is 0 Å². The number of nitrogens with zero attached hydrogens (tertiary/aromatic N) is 2. The van der Waals surface area contributed by atoms with Gasteiger partial charge in [-0.2, -0.15) is 0 Å². The Morgan fingerprint density at radius 3 is 2.17 bits per heavy atom. The van der Waals surface area contributed by atoms with Crippen LogP contribution in [0.2, 0.25) is 0 Å². The van der Waals surface area contributed by atoms with E-state index in [0.29, 0.717) is 0 Å². The first-order valence-electron chi connectivity index (χ1n) is 5.84. The summed E-state index contributed by atoms with van der Waals surface area (Å²) in [5.74, 6) is 0. The van der Waals surface area contributed by atoms with Gasteiger partial charge in [0.05, 0.1) is 4.92 Å². The Hall–Kier alpha value is -2.23. The molecule has 0 saturated heterocycles. The summed E-state index contributed by atoms with van der Waals surface area (Å²) in [4.78, 5) is 14.2. The minimum atomic E-state index is -0.401. The Morgan fingerprint density at radius 2 is 1.67 bits per heavy atom. The first-order valence-corrected chi connectivity index (χ1v) is 5.84. The smallest absolute Gasteiger partial charge is 0.262 e. The van der Waals surface area contributed by atoms with Crippen LogP contribution in [-0.2, 0) is 0 Å². The second-order valence-corrected chi connectivity index (χ2v) is 3.49. The molecule has 94 valence electrons. The van der Waals surface area contributed by atoms with Crippen LogP contribution >= 0.6 is 0 Å². The van der Waals surface area contributed by atoms with Crippen molar-refractivity contribution in [3.63, 3.8) is 0 Å². The van der Waals surface area contributed by atoms with E-state index in [0.717, 1.165) is 16.8 Å². The number of aryl methyl sites for hydroxylation is 1. The molecule has 18 heavy (non-hydrogen) atoms. The molecule has 1 heterocycles. The second kappa shape index (κ2) is 6.49. The summed E-state index contributed by atoms with van der Waals surface area (Å²) in [5, 5.41) is 10.5. The summed E-state index contributed by atoms with van der Waals surface area (Å²) in [6.45, 7) is 5.91. The Bertz CT molecular complexity index is 522. The standard InChI is InChI=1S/C12H10N2O2.C2H6/c1-9-8-11(6-7-13-9)10-2-4-12(5-3-10)14(15)16;1-2/h2-8H,1H3;1-2H3. The Kier molecular flexibility index (Phi) is 4.99. The van der Waals surface area contributed by atoms with Gasteiger partial charge in [-0.1, -0.05) is 13.8 Å².